The molecule has 0 aromatic heterocycles. The summed E-state index contributed by atoms with van der Waals surface area (Å²) >= 11 is 0. The molecule has 0 aliphatic carbocycles. The third-order valence-electron chi connectivity index (χ3n) is 3.49. The van der Waals surface area contributed by atoms with Crippen LogP contribution in [-0.4, -0.2) is 30.9 Å². The molecule has 6 heteroatoms. The molecule has 0 atom stereocenters. The van der Waals surface area contributed by atoms with Crippen molar-refractivity contribution >= 4 is 17.5 Å². The van der Waals surface area contributed by atoms with Crippen LogP contribution >= 0.6 is 0 Å². The Kier molecular flexibility index (Phi) is 5.52. The van der Waals surface area contributed by atoms with E-state index in [0.717, 1.165) is 5.56 Å². The van der Waals surface area contributed by atoms with Crippen molar-refractivity contribution < 1.29 is 18.7 Å². The van der Waals surface area contributed by atoms with E-state index in [-0.39, 0.29) is 12.3 Å². The Morgan fingerprint density at radius 1 is 1.17 bits per heavy atom. The van der Waals surface area contributed by atoms with Gasteiger partial charge >= 0.3 is 11.8 Å². The highest BCUT2D eigenvalue weighted by Gasteiger charge is 2.19. The lowest BCUT2D eigenvalue weighted by Crippen LogP contribution is -2.36. The van der Waals surface area contributed by atoms with Crippen molar-refractivity contribution in [2.45, 2.75) is 13.5 Å². The molecule has 0 saturated carbocycles. The predicted molar refractivity (Wildman–Crippen MR) is 89.2 cm³/mol. The van der Waals surface area contributed by atoms with Gasteiger partial charge in [0.2, 0.25) is 0 Å². The molecule has 0 fully saturated rings. The maximum absolute atomic E-state index is 13.7. The van der Waals surface area contributed by atoms with Gasteiger partial charge in [0.1, 0.15) is 0 Å². The summed E-state index contributed by atoms with van der Waals surface area (Å²) in [5.74, 6) is -1.83. The van der Waals surface area contributed by atoms with Crippen LogP contribution in [0.4, 0.5) is 10.1 Å². The number of amides is 2. The van der Waals surface area contributed by atoms with Gasteiger partial charge in [-0.05, 0) is 36.8 Å². The fraction of sp³-hybridized carbons (Fsp3) is 0.222. The number of anilines is 1. The third kappa shape index (κ3) is 4.32. The Morgan fingerprint density at radius 2 is 1.83 bits per heavy atom. The summed E-state index contributed by atoms with van der Waals surface area (Å²) in [5.41, 5.74) is 2.16. The van der Waals surface area contributed by atoms with Gasteiger partial charge < -0.3 is 15.0 Å². The number of benzene rings is 2. The van der Waals surface area contributed by atoms with E-state index in [1.807, 2.05) is 19.1 Å². The Labute approximate surface area is 140 Å². The summed E-state index contributed by atoms with van der Waals surface area (Å²) in [5, 5.41) is 2.54. The molecule has 0 unspecified atom stereocenters. The summed E-state index contributed by atoms with van der Waals surface area (Å²) in [7, 11) is 2.86. The first-order chi connectivity index (χ1) is 11.4. The molecule has 0 aliphatic heterocycles. The van der Waals surface area contributed by atoms with Crippen LogP contribution < -0.4 is 10.1 Å². The molecule has 24 heavy (non-hydrogen) atoms. The standard InChI is InChI=1S/C18H19FN2O3/c1-12-4-7-14(8-5-12)20-17(22)18(23)21(2)11-13-6-9-16(24-3)15(19)10-13/h4-10H,11H2,1-3H3,(H,20,22). The second kappa shape index (κ2) is 7.59. The van der Waals surface area contributed by atoms with Crippen molar-refractivity contribution in [2.75, 3.05) is 19.5 Å². The van der Waals surface area contributed by atoms with E-state index in [2.05, 4.69) is 5.32 Å². The molecular weight excluding hydrogens is 311 g/mol. The van der Waals surface area contributed by atoms with Gasteiger partial charge in [0.05, 0.1) is 7.11 Å². The molecule has 0 saturated heterocycles. The highest BCUT2D eigenvalue weighted by molar-refractivity contribution is 6.39. The molecule has 126 valence electrons. The molecule has 5 nitrogen and oxygen atoms in total. The SMILES string of the molecule is COc1ccc(CN(C)C(=O)C(=O)Nc2ccc(C)cc2)cc1F. The Morgan fingerprint density at radius 3 is 2.42 bits per heavy atom. The second-order valence-electron chi connectivity index (χ2n) is 5.45. The first-order valence-corrected chi connectivity index (χ1v) is 7.36. The number of nitrogens with zero attached hydrogens (tertiary/aromatic N) is 1. The summed E-state index contributed by atoms with van der Waals surface area (Å²) in [6.45, 7) is 2.04. The Balaban J connectivity index is 1.99. The minimum atomic E-state index is -0.740. The van der Waals surface area contributed by atoms with E-state index in [1.165, 1.54) is 31.2 Å². The van der Waals surface area contributed by atoms with Gasteiger partial charge in [-0.3, -0.25) is 9.59 Å². The zero-order chi connectivity index (χ0) is 17.7. The molecule has 2 aromatic carbocycles. The Bertz CT molecular complexity index is 744. The van der Waals surface area contributed by atoms with Crippen molar-refractivity contribution in [3.63, 3.8) is 0 Å². The van der Waals surface area contributed by atoms with Gasteiger partial charge in [0.15, 0.2) is 11.6 Å². The molecule has 1 N–H and O–H groups in total. The van der Waals surface area contributed by atoms with Crippen molar-refractivity contribution in [1.29, 1.82) is 0 Å². The van der Waals surface area contributed by atoms with Crippen LogP contribution in [0.15, 0.2) is 42.5 Å². The lowest BCUT2D eigenvalue weighted by atomic mass is 10.2. The minimum Gasteiger partial charge on any atom is -0.494 e. The van der Waals surface area contributed by atoms with Crippen molar-refractivity contribution in [3.8, 4) is 5.75 Å². The quantitative estimate of drug-likeness (QED) is 0.877. The van der Waals surface area contributed by atoms with E-state index in [9.17, 15) is 14.0 Å². The molecule has 0 heterocycles. The number of aryl methyl sites for hydroxylation is 1. The minimum absolute atomic E-state index is 0.112. The van der Waals surface area contributed by atoms with Crippen molar-refractivity contribution in [3.05, 3.63) is 59.4 Å². The van der Waals surface area contributed by atoms with Gasteiger partial charge in [-0.25, -0.2) is 4.39 Å². The van der Waals surface area contributed by atoms with Gasteiger partial charge in [-0.2, -0.15) is 0 Å². The first-order valence-electron chi connectivity index (χ1n) is 7.36. The zero-order valence-corrected chi connectivity index (χ0v) is 13.8. The van der Waals surface area contributed by atoms with Crippen LogP contribution in [0.25, 0.3) is 0 Å². The molecule has 0 radical (unpaired) electrons. The molecule has 2 rings (SSSR count). The fourth-order valence-corrected chi connectivity index (χ4v) is 2.15. The summed E-state index contributed by atoms with van der Waals surface area (Å²) < 4.78 is 18.5. The molecule has 0 spiro atoms. The topological polar surface area (TPSA) is 58.6 Å². The Hall–Kier alpha value is -2.89. The molecule has 0 aliphatic rings. The summed E-state index contributed by atoms with van der Waals surface area (Å²) in [6.07, 6.45) is 0. The number of hydrogen-bond acceptors (Lipinski definition) is 3. The van der Waals surface area contributed by atoms with Crippen LogP contribution in [0.1, 0.15) is 11.1 Å². The van der Waals surface area contributed by atoms with Crippen LogP contribution in [0.3, 0.4) is 0 Å². The van der Waals surface area contributed by atoms with Crippen molar-refractivity contribution in [1.82, 2.24) is 4.90 Å². The maximum atomic E-state index is 13.7. The number of hydrogen-bond donors (Lipinski definition) is 1. The average Bonchev–Trinajstić information content (AvgIpc) is 2.56. The highest BCUT2D eigenvalue weighted by atomic mass is 19.1. The monoisotopic (exact) mass is 330 g/mol. The summed E-state index contributed by atoms with van der Waals surface area (Å²) in [4.78, 5) is 25.3. The van der Waals surface area contributed by atoms with Gasteiger partial charge in [-0.1, -0.05) is 23.8 Å². The summed E-state index contributed by atoms with van der Waals surface area (Å²) in [6, 6.07) is 11.5. The lowest BCUT2D eigenvalue weighted by Gasteiger charge is -2.17. The smallest absolute Gasteiger partial charge is 0.313 e. The lowest BCUT2D eigenvalue weighted by molar-refractivity contribution is -0.142. The highest BCUT2D eigenvalue weighted by Crippen LogP contribution is 2.18. The average molecular weight is 330 g/mol. The third-order valence-corrected chi connectivity index (χ3v) is 3.49. The second-order valence-corrected chi connectivity index (χ2v) is 5.45. The number of carbonyl (C=O) groups excluding carboxylic acids is 2. The van der Waals surface area contributed by atoms with E-state index < -0.39 is 17.6 Å². The van der Waals surface area contributed by atoms with E-state index in [1.54, 1.807) is 18.2 Å². The number of nitrogens with one attached hydrogen (secondary N) is 1. The van der Waals surface area contributed by atoms with E-state index in [0.29, 0.717) is 11.3 Å². The van der Waals surface area contributed by atoms with Gasteiger partial charge in [0, 0.05) is 19.3 Å². The number of ether oxygens (including phenoxy) is 1. The number of halogens is 1. The van der Waals surface area contributed by atoms with Crippen LogP contribution in [0.5, 0.6) is 5.75 Å². The molecule has 0 bridgehead atoms. The van der Waals surface area contributed by atoms with Crippen LogP contribution in [0, 0.1) is 12.7 Å². The predicted octanol–water partition coefficient (Wildman–Crippen LogP) is 2.74. The molecular formula is C18H19FN2O3. The largest absolute Gasteiger partial charge is 0.494 e. The number of methoxy groups -OCH3 is 1. The van der Waals surface area contributed by atoms with Crippen LogP contribution in [-0.2, 0) is 16.1 Å². The van der Waals surface area contributed by atoms with Gasteiger partial charge in [-0.15, -0.1) is 0 Å². The normalized spacial score (nSPS) is 10.2. The zero-order valence-electron chi connectivity index (χ0n) is 13.8. The number of likely N-dealkylation sites (N-methyl/N-ethyl adjacent to an activating group) is 1. The van der Waals surface area contributed by atoms with Crippen molar-refractivity contribution in [2.24, 2.45) is 0 Å². The van der Waals surface area contributed by atoms with E-state index in [4.69, 9.17) is 4.74 Å². The number of rotatable bonds is 4. The van der Waals surface area contributed by atoms with Gasteiger partial charge in [0.25, 0.3) is 0 Å². The maximum Gasteiger partial charge on any atom is 0.313 e. The molecule has 2 aromatic rings. The van der Waals surface area contributed by atoms with Crippen LogP contribution in [0.2, 0.25) is 0 Å². The molecule has 2 amide bonds. The van der Waals surface area contributed by atoms with E-state index >= 15 is 0 Å². The fourth-order valence-electron chi connectivity index (χ4n) is 2.15. The number of carbonyl (C=O) groups is 2. The first kappa shape index (κ1) is 17.5.